The van der Waals surface area contributed by atoms with Crippen LogP contribution < -0.4 is 30.3 Å². The van der Waals surface area contributed by atoms with E-state index < -0.39 is 0 Å². The Hall–Kier alpha value is -4.49. The van der Waals surface area contributed by atoms with Crippen LogP contribution in [0.1, 0.15) is 23.2 Å². The number of ether oxygens (including phenoxy) is 2. The second-order valence-electron chi connectivity index (χ2n) is 10.1. The molecule has 0 aliphatic carbocycles. The van der Waals surface area contributed by atoms with Crippen LogP contribution in [0.5, 0.6) is 11.5 Å². The van der Waals surface area contributed by atoms with E-state index in [1.54, 1.807) is 13.3 Å². The molecule has 0 fully saturated rings. The van der Waals surface area contributed by atoms with Crippen molar-refractivity contribution < 1.29 is 9.47 Å². The minimum Gasteiger partial charge on any atom is -0.494 e. The van der Waals surface area contributed by atoms with Crippen LogP contribution >= 0.6 is 0 Å². The first-order valence-corrected chi connectivity index (χ1v) is 13.2. The van der Waals surface area contributed by atoms with Crippen molar-refractivity contribution in [1.82, 2.24) is 14.9 Å². The number of nitrogens with zero attached hydrogens (tertiary/aromatic N) is 6. The number of hydrogen-bond donors (Lipinski definition) is 2. The molecule has 0 unspecified atom stereocenters. The molecule has 1 aliphatic heterocycles. The fraction of sp³-hybridized carbons (Fsp3) is 0.367. The normalized spacial score (nSPS) is 12.5. The predicted molar refractivity (Wildman–Crippen MR) is 162 cm³/mol. The summed E-state index contributed by atoms with van der Waals surface area (Å²) in [5.74, 6) is 1.32. The van der Waals surface area contributed by atoms with Crippen molar-refractivity contribution in [2.24, 2.45) is 0 Å². The number of aryl methyl sites for hydroxylation is 1. The first-order chi connectivity index (χ1) is 19.2. The van der Waals surface area contributed by atoms with Crippen LogP contribution in [0.15, 0.2) is 43.1 Å². The van der Waals surface area contributed by atoms with Crippen molar-refractivity contribution in [2.45, 2.75) is 12.8 Å². The third-order valence-corrected chi connectivity index (χ3v) is 6.99. The van der Waals surface area contributed by atoms with Crippen molar-refractivity contribution >= 4 is 34.3 Å². The number of likely N-dealkylation sites (N-methyl/N-ethyl adjacent to an activating group) is 2. The Morgan fingerprint density at radius 2 is 2.02 bits per heavy atom. The Morgan fingerprint density at radius 3 is 2.75 bits per heavy atom. The van der Waals surface area contributed by atoms with Gasteiger partial charge < -0.3 is 35.2 Å². The third kappa shape index (κ3) is 6.21. The lowest BCUT2D eigenvalue weighted by Gasteiger charge is -2.30. The van der Waals surface area contributed by atoms with Crippen LogP contribution in [0.2, 0.25) is 0 Å². The first kappa shape index (κ1) is 28.5. The zero-order valence-corrected chi connectivity index (χ0v) is 24.0. The van der Waals surface area contributed by atoms with E-state index in [1.165, 1.54) is 5.56 Å². The number of hydrogen-bond acceptors (Lipinski definition) is 10. The lowest BCUT2D eigenvalue weighted by atomic mass is 9.93. The van der Waals surface area contributed by atoms with Gasteiger partial charge in [-0.1, -0.05) is 24.8 Å². The molecule has 1 aliphatic rings. The van der Waals surface area contributed by atoms with E-state index in [4.69, 9.17) is 25.5 Å². The van der Waals surface area contributed by atoms with E-state index in [0.717, 1.165) is 49.4 Å². The summed E-state index contributed by atoms with van der Waals surface area (Å²) in [7, 11) is 9.78. The molecule has 4 rings (SSSR count). The molecule has 2 aromatic carbocycles. The Morgan fingerprint density at radius 1 is 1.23 bits per heavy atom. The number of para-hydroxylation sites is 1. The highest BCUT2D eigenvalue weighted by atomic mass is 16.5. The molecule has 0 saturated heterocycles. The predicted octanol–water partition coefficient (Wildman–Crippen LogP) is 4.16. The number of aromatic nitrogens is 2. The largest absolute Gasteiger partial charge is 0.494 e. The van der Waals surface area contributed by atoms with Crippen LogP contribution in [0.4, 0.5) is 28.7 Å². The highest BCUT2D eigenvalue weighted by Crippen LogP contribution is 2.39. The molecule has 3 N–H and O–H groups in total. The Kier molecular flexibility index (Phi) is 8.97. The summed E-state index contributed by atoms with van der Waals surface area (Å²) in [6.45, 7) is 6.94. The van der Waals surface area contributed by atoms with Gasteiger partial charge in [0.25, 0.3) is 0 Å². The van der Waals surface area contributed by atoms with E-state index in [9.17, 15) is 0 Å². The molecule has 0 atom stereocenters. The van der Waals surface area contributed by atoms with Crippen LogP contribution in [-0.2, 0) is 6.42 Å². The highest BCUT2D eigenvalue weighted by Gasteiger charge is 2.22. The van der Waals surface area contributed by atoms with Gasteiger partial charge in [0.2, 0.25) is 5.95 Å². The molecule has 10 nitrogen and oxygen atoms in total. The van der Waals surface area contributed by atoms with E-state index in [0.29, 0.717) is 40.1 Å². The van der Waals surface area contributed by atoms with Crippen molar-refractivity contribution in [3.05, 3.63) is 59.9 Å². The highest BCUT2D eigenvalue weighted by molar-refractivity contribution is 5.88. The van der Waals surface area contributed by atoms with Crippen molar-refractivity contribution in [3.63, 3.8) is 0 Å². The second-order valence-corrected chi connectivity index (χ2v) is 10.1. The van der Waals surface area contributed by atoms with Gasteiger partial charge in [0, 0.05) is 56.6 Å². The number of nitrogens with one attached hydrogen (secondary N) is 1. The van der Waals surface area contributed by atoms with Crippen LogP contribution in [-0.4, -0.2) is 76.4 Å². The Labute approximate surface area is 236 Å². The third-order valence-electron chi connectivity index (χ3n) is 6.99. The summed E-state index contributed by atoms with van der Waals surface area (Å²) >= 11 is 0. The number of nitrogens with two attached hydrogens (primary N) is 1. The minimum atomic E-state index is -0.129. The van der Waals surface area contributed by atoms with Gasteiger partial charge in [0.15, 0.2) is 12.4 Å². The number of nitrogen functional groups attached to an aromatic ring is 1. The Bertz CT molecular complexity index is 1420. The number of fused-ring (bicyclic) bond motifs is 1. The number of methoxy groups -OCH3 is 1. The van der Waals surface area contributed by atoms with Crippen molar-refractivity contribution in [3.8, 4) is 17.6 Å². The number of nitriles is 1. The van der Waals surface area contributed by atoms with Crippen LogP contribution in [0, 0.1) is 11.3 Å². The van der Waals surface area contributed by atoms with E-state index >= 15 is 0 Å². The zero-order chi connectivity index (χ0) is 28.8. The molecule has 0 spiro atoms. The number of rotatable bonds is 11. The fourth-order valence-corrected chi connectivity index (χ4v) is 4.87. The van der Waals surface area contributed by atoms with E-state index in [-0.39, 0.29) is 6.61 Å². The minimum absolute atomic E-state index is 0.129. The molecule has 1 aromatic heterocycles. The smallest absolute Gasteiger partial charge is 0.228 e. The SMILES string of the molecule is C=C(c1cccc2c1N(C)CCC2)c1nc(Nc2cc(N)c(N(C)CCN(C)C)cc2OC)ncc1OCC#N. The van der Waals surface area contributed by atoms with Crippen LogP contribution in [0.25, 0.3) is 5.57 Å². The lowest BCUT2D eigenvalue weighted by Crippen LogP contribution is -2.29. The topological polar surface area (TPSA) is 116 Å². The van der Waals surface area contributed by atoms with Gasteiger partial charge in [0.1, 0.15) is 17.5 Å². The molecule has 210 valence electrons. The van der Waals surface area contributed by atoms with Gasteiger partial charge in [-0.05, 0) is 38.6 Å². The summed E-state index contributed by atoms with van der Waals surface area (Å²) in [5, 5.41) is 12.4. The molecule has 0 bridgehead atoms. The monoisotopic (exact) mass is 542 g/mol. The van der Waals surface area contributed by atoms with Gasteiger partial charge in [0.05, 0.1) is 30.4 Å². The maximum absolute atomic E-state index is 9.13. The molecule has 40 heavy (non-hydrogen) atoms. The summed E-state index contributed by atoms with van der Waals surface area (Å²) in [6, 6.07) is 12.0. The molecule has 10 heteroatoms. The number of anilines is 5. The summed E-state index contributed by atoms with van der Waals surface area (Å²) in [4.78, 5) is 15.7. The quantitative estimate of drug-likeness (QED) is 0.342. The van der Waals surface area contributed by atoms with Gasteiger partial charge in [-0.15, -0.1) is 0 Å². The fourth-order valence-electron chi connectivity index (χ4n) is 4.87. The van der Waals surface area contributed by atoms with Gasteiger partial charge in [-0.3, -0.25) is 0 Å². The average molecular weight is 543 g/mol. The lowest BCUT2D eigenvalue weighted by molar-refractivity contribution is 0.364. The maximum atomic E-state index is 9.13. The molecule has 0 radical (unpaired) electrons. The first-order valence-electron chi connectivity index (χ1n) is 13.2. The van der Waals surface area contributed by atoms with Crippen molar-refractivity contribution in [1.29, 1.82) is 5.26 Å². The molecule has 0 saturated carbocycles. The summed E-state index contributed by atoms with van der Waals surface area (Å²) < 4.78 is 11.4. The average Bonchev–Trinajstić information content (AvgIpc) is 2.94. The molecular weight excluding hydrogens is 504 g/mol. The summed E-state index contributed by atoms with van der Waals surface area (Å²) in [5.41, 5.74) is 13.1. The maximum Gasteiger partial charge on any atom is 0.228 e. The summed E-state index contributed by atoms with van der Waals surface area (Å²) in [6.07, 6.45) is 3.68. The van der Waals surface area contributed by atoms with Gasteiger partial charge in [-0.25, -0.2) is 9.97 Å². The van der Waals surface area contributed by atoms with Gasteiger partial charge in [-0.2, -0.15) is 5.26 Å². The standard InChI is InChI=1S/C30H38N8O2/c1-20(22-11-7-9-21-10-8-13-38(5)29(21)22)28-27(40-16-12-31)19-33-30(35-28)34-24-17-23(32)25(18-26(24)39-6)37(4)15-14-36(2)3/h7,9,11,17-19H,1,8,10,13-16,32H2,2-6H3,(H,33,34,35). The second kappa shape index (κ2) is 12.6. The van der Waals surface area contributed by atoms with E-state index in [1.807, 2.05) is 51.5 Å². The van der Waals surface area contributed by atoms with Crippen molar-refractivity contribution in [2.75, 3.05) is 82.4 Å². The zero-order valence-electron chi connectivity index (χ0n) is 24.0. The number of benzene rings is 2. The molecule has 2 heterocycles. The molecule has 0 amide bonds. The van der Waals surface area contributed by atoms with Gasteiger partial charge >= 0.3 is 0 Å². The van der Waals surface area contributed by atoms with Crippen LogP contribution in [0.3, 0.4) is 0 Å². The molecule has 3 aromatic rings. The van der Waals surface area contributed by atoms with E-state index in [2.05, 4.69) is 44.7 Å². The molecular formula is C30H38N8O2. The Balaban J connectivity index is 1.70.